The van der Waals surface area contributed by atoms with E-state index in [9.17, 15) is 19.5 Å². The first-order valence-electron chi connectivity index (χ1n) is 8.12. The van der Waals surface area contributed by atoms with E-state index in [1.165, 1.54) is 17.0 Å². The van der Waals surface area contributed by atoms with Crippen molar-refractivity contribution in [2.24, 2.45) is 5.73 Å². The molecule has 0 aliphatic carbocycles. The first-order chi connectivity index (χ1) is 12.0. The van der Waals surface area contributed by atoms with Gasteiger partial charge in [-0.15, -0.1) is 0 Å². The summed E-state index contributed by atoms with van der Waals surface area (Å²) in [5, 5.41) is 19.1. The van der Waals surface area contributed by atoms with Gasteiger partial charge >= 0.3 is 5.97 Å². The third-order valence-corrected chi connectivity index (χ3v) is 3.97. The summed E-state index contributed by atoms with van der Waals surface area (Å²) >= 11 is 0. The second-order valence-electron chi connectivity index (χ2n) is 7.08. The largest absolute Gasteiger partial charge is 0.506 e. The molecule has 0 spiro atoms. The number of fused-ring (bicyclic) bond motifs is 1. The Bertz CT molecular complexity index is 804. The van der Waals surface area contributed by atoms with Crippen molar-refractivity contribution in [1.29, 1.82) is 5.26 Å². The number of amides is 2. The molecule has 0 bridgehead atoms. The van der Waals surface area contributed by atoms with Gasteiger partial charge in [-0.2, -0.15) is 5.26 Å². The van der Waals surface area contributed by atoms with Crippen LogP contribution in [0.5, 0.6) is 5.75 Å². The summed E-state index contributed by atoms with van der Waals surface area (Å²) in [5.41, 5.74) is 5.30. The van der Waals surface area contributed by atoms with Crippen LogP contribution in [0.2, 0.25) is 0 Å². The lowest BCUT2D eigenvalue weighted by Gasteiger charge is -2.25. The minimum absolute atomic E-state index is 0.00977. The molecule has 138 valence electrons. The fraction of sp³-hybridized carbons (Fsp3) is 0.444. The number of hydrogen-bond acceptors (Lipinski definition) is 6. The van der Waals surface area contributed by atoms with Crippen LogP contribution >= 0.6 is 0 Å². The second-order valence-corrected chi connectivity index (χ2v) is 7.08. The van der Waals surface area contributed by atoms with Gasteiger partial charge in [-0.05, 0) is 39.3 Å². The summed E-state index contributed by atoms with van der Waals surface area (Å²) in [5.74, 6) is -2.01. The molecule has 1 unspecified atom stereocenters. The van der Waals surface area contributed by atoms with E-state index in [1.54, 1.807) is 20.8 Å². The van der Waals surface area contributed by atoms with Gasteiger partial charge in [0.15, 0.2) is 0 Å². The molecule has 0 saturated carbocycles. The number of benzene rings is 1. The molecule has 0 fully saturated rings. The highest BCUT2D eigenvalue weighted by Crippen LogP contribution is 2.34. The predicted octanol–water partition coefficient (Wildman–Crippen LogP) is 1.20. The second kappa shape index (κ2) is 7.04. The van der Waals surface area contributed by atoms with Crippen LogP contribution in [-0.2, 0) is 20.9 Å². The summed E-state index contributed by atoms with van der Waals surface area (Å²) in [6.45, 7) is 5.13. The smallest absolute Gasteiger partial charge is 0.306 e. The molecule has 1 heterocycles. The minimum atomic E-state index is -1.02. The summed E-state index contributed by atoms with van der Waals surface area (Å²) < 4.78 is 5.20. The average molecular weight is 359 g/mol. The van der Waals surface area contributed by atoms with Crippen molar-refractivity contribution in [1.82, 2.24) is 4.90 Å². The van der Waals surface area contributed by atoms with E-state index in [4.69, 9.17) is 15.7 Å². The molecule has 8 nitrogen and oxygen atoms in total. The van der Waals surface area contributed by atoms with Gasteiger partial charge in [0, 0.05) is 17.5 Å². The lowest BCUT2D eigenvalue weighted by Crippen LogP contribution is -2.45. The Kier molecular flexibility index (Phi) is 5.21. The minimum Gasteiger partial charge on any atom is -0.506 e. The lowest BCUT2D eigenvalue weighted by atomic mass is 10.1. The molecule has 1 atom stereocenters. The highest BCUT2D eigenvalue weighted by molar-refractivity contribution is 6.02. The number of nitrogens with zero attached hydrogens (tertiary/aromatic N) is 2. The van der Waals surface area contributed by atoms with Crippen LogP contribution in [-0.4, -0.2) is 39.4 Å². The summed E-state index contributed by atoms with van der Waals surface area (Å²) in [6, 6.07) is 3.59. The Balaban J connectivity index is 2.18. The van der Waals surface area contributed by atoms with Gasteiger partial charge < -0.3 is 20.5 Å². The molecule has 0 radical (unpaired) electrons. The average Bonchev–Trinajstić information content (AvgIpc) is 2.84. The Labute approximate surface area is 151 Å². The molecule has 26 heavy (non-hydrogen) atoms. The topological polar surface area (TPSA) is 134 Å². The molecular weight excluding hydrogens is 338 g/mol. The summed E-state index contributed by atoms with van der Waals surface area (Å²) in [4.78, 5) is 37.5. The van der Waals surface area contributed by atoms with Gasteiger partial charge in [0.2, 0.25) is 5.91 Å². The maximum absolute atomic E-state index is 12.6. The number of rotatable bonds is 5. The predicted molar refractivity (Wildman–Crippen MR) is 90.8 cm³/mol. The third-order valence-electron chi connectivity index (χ3n) is 3.97. The maximum Gasteiger partial charge on any atom is 0.306 e. The first kappa shape index (κ1) is 19.2. The van der Waals surface area contributed by atoms with E-state index in [0.29, 0.717) is 0 Å². The molecule has 8 heteroatoms. The molecule has 0 aromatic heterocycles. The van der Waals surface area contributed by atoms with Gasteiger partial charge in [0.25, 0.3) is 5.91 Å². The van der Waals surface area contributed by atoms with Crippen LogP contribution in [0.4, 0.5) is 0 Å². The Morgan fingerprint density at radius 2 is 2.08 bits per heavy atom. The number of carbonyl (C=O) groups is 3. The SMILES string of the molecule is CC(C)(C)OC(=O)CCC(C(N)=O)N1Cc2c(ccc(C#N)c2O)C1=O. The van der Waals surface area contributed by atoms with E-state index >= 15 is 0 Å². The van der Waals surface area contributed by atoms with Crippen molar-refractivity contribution in [2.75, 3.05) is 0 Å². The summed E-state index contributed by atoms with van der Waals surface area (Å²) in [6.07, 6.45) is -0.0731. The van der Waals surface area contributed by atoms with E-state index in [0.717, 1.165) is 0 Å². The van der Waals surface area contributed by atoms with Crippen LogP contribution < -0.4 is 5.73 Å². The number of esters is 1. The van der Waals surface area contributed by atoms with E-state index in [1.807, 2.05) is 6.07 Å². The number of aromatic hydroxyl groups is 1. The molecular formula is C18H21N3O5. The van der Waals surface area contributed by atoms with E-state index in [-0.39, 0.29) is 41.8 Å². The monoisotopic (exact) mass is 359 g/mol. The van der Waals surface area contributed by atoms with E-state index < -0.39 is 29.4 Å². The highest BCUT2D eigenvalue weighted by atomic mass is 16.6. The fourth-order valence-electron chi connectivity index (χ4n) is 2.83. The van der Waals surface area contributed by atoms with Crippen molar-refractivity contribution in [3.8, 4) is 11.8 Å². The molecule has 0 saturated heterocycles. The quantitative estimate of drug-likeness (QED) is 0.759. The zero-order valence-corrected chi connectivity index (χ0v) is 14.9. The Morgan fingerprint density at radius 3 is 2.62 bits per heavy atom. The van der Waals surface area contributed by atoms with Crippen LogP contribution in [0.3, 0.4) is 0 Å². The van der Waals surface area contributed by atoms with Crippen molar-refractivity contribution >= 4 is 17.8 Å². The zero-order valence-electron chi connectivity index (χ0n) is 14.9. The lowest BCUT2D eigenvalue weighted by molar-refractivity contribution is -0.155. The molecule has 3 N–H and O–H groups in total. The number of phenolic OH excluding ortho intramolecular Hbond substituents is 1. The standard InChI is InChI=1S/C18H21N3O5/c1-18(2,3)26-14(22)7-6-13(16(20)24)21-9-12-11(17(21)25)5-4-10(8-19)15(12)23/h4-5,13,23H,6-7,9H2,1-3H3,(H2,20,24). The van der Waals surface area contributed by atoms with Crippen LogP contribution in [0.15, 0.2) is 12.1 Å². The molecule has 1 aliphatic rings. The van der Waals surface area contributed by atoms with Crippen molar-refractivity contribution < 1.29 is 24.2 Å². The Hall–Kier alpha value is -3.08. The first-order valence-corrected chi connectivity index (χ1v) is 8.12. The molecule has 1 aliphatic heterocycles. The number of nitrogens with two attached hydrogens (primary N) is 1. The van der Waals surface area contributed by atoms with Crippen LogP contribution in [0.25, 0.3) is 0 Å². The van der Waals surface area contributed by atoms with Crippen molar-refractivity contribution in [3.05, 3.63) is 28.8 Å². The highest BCUT2D eigenvalue weighted by Gasteiger charge is 2.37. The van der Waals surface area contributed by atoms with Gasteiger partial charge in [-0.3, -0.25) is 14.4 Å². The zero-order chi connectivity index (χ0) is 19.6. The number of ether oxygens (including phenoxy) is 1. The summed E-state index contributed by atoms with van der Waals surface area (Å²) in [7, 11) is 0. The number of hydrogen-bond donors (Lipinski definition) is 2. The van der Waals surface area contributed by atoms with Crippen LogP contribution in [0.1, 0.15) is 55.1 Å². The molecule has 2 amide bonds. The number of primary amides is 1. The van der Waals surface area contributed by atoms with Gasteiger partial charge in [-0.25, -0.2) is 0 Å². The molecule has 2 rings (SSSR count). The Morgan fingerprint density at radius 1 is 1.42 bits per heavy atom. The van der Waals surface area contributed by atoms with Crippen molar-refractivity contribution in [3.63, 3.8) is 0 Å². The normalized spacial score (nSPS) is 14.5. The number of nitriles is 1. The van der Waals surface area contributed by atoms with Gasteiger partial charge in [-0.1, -0.05) is 0 Å². The van der Waals surface area contributed by atoms with Crippen LogP contribution in [0, 0.1) is 11.3 Å². The molecule has 1 aromatic rings. The van der Waals surface area contributed by atoms with Crippen molar-refractivity contribution in [2.45, 2.75) is 51.8 Å². The molecule has 1 aromatic carbocycles. The third kappa shape index (κ3) is 3.94. The fourth-order valence-corrected chi connectivity index (χ4v) is 2.83. The maximum atomic E-state index is 12.6. The number of carbonyl (C=O) groups excluding carboxylic acids is 3. The van der Waals surface area contributed by atoms with E-state index in [2.05, 4.69) is 0 Å². The number of phenols is 1. The van der Waals surface area contributed by atoms with Gasteiger partial charge in [0.1, 0.15) is 23.5 Å². The van der Waals surface area contributed by atoms with Gasteiger partial charge in [0.05, 0.1) is 12.1 Å².